The first-order chi connectivity index (χ1) is 21.2. The number of benzene rings is 2. The van der Waals surface area contributed by atoms with Gasteiger partial charge in [0.15, 0.2) is 11.5 Å². The molecular formula is C34H31N9. The van der Waals surface area contributed by atoms with Crippen molar-refractivity contribution >= 4 is 22.8 Å². The van der Waals surface area contributed by atoms with Crippen LogP contribution in [-0.4, -0.2) is 59.6 Å². The third kappa shape index (κ3) is 4.67. The van der Waals surface area contributed by atoms with Crippen molar-refractivity contribution in [2.75, 3.05) is 23.7 Å². The maximum Gasteiger partial charge on any atom is 0.165 e. The molecular weight excluding hydrogens is 534 g/mol. The highest BCUT2D eigenvalue weighted by Crippen LogP contribution is 2.35. The van der Waals surface area contributed by atoms with E-state index < -0.39 is 0 Å². The molecule has 2 aromatic carbocycles. The maximum absolute atomic E-state index is 6.34. The zero-order valence-electron chi connectivity index (χ0n) is 23.7. The van der Waals surface area contributed by atoms with Crippen LogP contribution in [0.3, 0.4) is 0 Å². The predicted octanol–water partition coefficient (Wildman–Crippen LogP) is 5.37. The van der Waals surface area contributed by atoms with Crippen LogP contribution in [0.2, 0.25) is 0 Å². The zero-order chi connectivity index (χ0) is 28.8. The minimum Gasteiger partial charge on any atom is -0.383 e. The van der Waals surface area contributed by atoms with E-state index in [0.717, 1.165) is 64.9 Å². The summed E-state index contributed by atoms with van der Waals surface area (Å²) in [6.07, 6.45) is 7.60. The Hall–Kier alpha value is -5.15. The summed E-state index contributed by atoms with van der Waals surface area (Å²) in [5.74, 6) is 2.21. The van der Waals surface area contributed by atoms with Gasteiger partial charge in [-0.3, -0.25) is 9.47 Å². The lowest BCUT2D eigenvalue weighted by molar-refractivity contribution is 0.211. The van der Waals surface area contributed by atoms with Crippen molar-refractivity contribution in [2.45, 2.75) is 31.5 Å². The summed E-state index contributed by atoms with van der Waals surface area (Å²) in [6, 6.07) is 29.9. The van der Waals surface area contributed by atoms with Crippen LogP contribution in [0.1, 0.15) is 18.4 Å². The van der Waals surface area contributed by atoms with Crippen molar-refractivity contribution in [3.63, 3.8) is 0 Å². The number of piperazine rings is 1. The van der Waals surface area contributed by atoms with Crippen LogP contribution in [0.5, 0.6) is 0 Å². The normalized spacial score (nSPS) is 18.4. The Morgan fingerprint density at radius 1 is 0.767 bits per heavy atom. The molecule has 43 heavy (non-hydrogen) atoms. The van der Waals surface area contributed by atoms with Gasteiger partial charge < -0.3 is 10.6 Å². The van der Waals surface area contributed by atoms with E-state index in [-0.39, 0.29) is 0 Å². The highest BCUT2D eigenvalue weighted by molar-refractivity contribution is 5.84. The van der Waals surface area contributed by atoms with Crippen molar-refractivity contribution in [3.8, 4) is 28.3 Å². The third-order valence-electron chi connectivity index (χ3n) is 8.64. The summed E-state index contributed by atoms with van der Waals surface area (Å²) in [7, 11) is 0. The van der Waals surface area contributed by atoms with Gasteiger partial charge in [0.25, 0.3) is 0 Å². The highest BCUT2D eigenvalue weighted by atomic mass is 15.3. The minimum atomic E-state index is 0.440. The number of nitrogens with two attached hydrogens (primary N) is 1. The number of anilines is 2. The quantitative estimate of drug-likeness (QED) is 0.287. The van der Waals surface area contributed by atoms with Gasteiger partial charge in [0.1, 0.15) is 23.5 Å². The molecule has 0 aliphatic carbocycles. The standard InChI is InChI=1S/C34H31N9/c35-32-28(7-4-17-37-32)33-40-30-15-14-29(24-5-2-1-3-6-24)39-34(30)43(33)25-10-8-23(9-11-25)19-41-20-26-12-13-27(21-41)42(26)31-16-18-36-22-38-31/h1-11,14-18,22,26-27H,12-13,19-21H2,(H2,35,37). The topological polar surface area (TPSA) is 102 Å². The number of hydrogen-bond acceptors (Lipinski definition) is 8. The second-order valence-electron chi connectivity index (χ2n) is 11.3. The van der Waals surface area contributed by atoms with E-state index >= 15 is 0 Å². The van der Waals surface area contributed by atoms with Crippen molar-refractivity contribution in [1.82, 2.24) is 34.4 Å². The lowest BCUT2D eigenvalue weighted by Crippen LogP contribution is -2.53. The van der Waals surface area contributed by atoms with Crippen molar-refractivity contribution < 1.29 is 0 Å². The summed E-state index contributed by atoms with van der Waals surface area (Å²) < 4.78 is 2.10. The summed E-state index contributed by atoms with van der Waals surface area (Å²) in [5, 5.41) is 0. The fraction of sp³-hybridized carbons (Fsp3) is 0.206. The van der Waals surface area contributed by atoms with Gasteiger partial charge in [-0.25, -0.2) is 24.9 Å². The molecule has 2 saturated heterocycles. The number of aromatic nitrogens is 6. The Morgan fingerprint density at radius 2 is 1.58 bits per heavy atom. The molecule has 4 aromatic heterocycles. The largest absolute Gasteiger partial charge is 0.383 e. The minimum absolute atomic E-state index is 0.440. The first-order valence-electron chi connectivity index (χ1n) is 14.7. The Balaban J connectivity index is 1.11. The van der Waals surface area contributed by atoms with Crippen LogP contribution >= 0.6 is 0 Å². The van der Waals surface area contributed by atoms with Gasteiger partial charge in [0.05, 0.1) is 11.3 Å². The fourth-order valence-electron chi connectivity index (χ4n) is 6.70. The molecule has 9 nitrogen and oxygen atoms in total. The molecule has 9 heteroatoms. The van der Waals surface area contributed by atoms with E-state index in [1.807, 2.05) is 54.7 Å². The van der Waals surface area contributed by atoms with Crippen LogP contribution in [-0.2, 0) is 6.54 Å². The molecule has 0 radical (unpaired) electrons. The molecule has 8 rings (SSSR count). The van der Waals surface area contributed by atoms with Crippen molar-refractivity contribution in [2.24, 2.45) is 0 Å². The predicted molar refractivity (Wildman–Crippen MR) is 169 cm³/mol. The van der Waals surface area contributed by atoms with Gasteiger partial charge >= 0.3 is 0 Å². The number of nitrogens with zero attached hydrogens (tertiary/aromatic N) is 8. The zero-order valence-corrected chi connectivity index (χ0v) is 23.7. The molecule has 2 aliphatic rings. The van der Waals surface area contributed by atoms with Crippen LogP contribution in [0.4, 0.5) is 11.6 Å². The van der Waals surface area contributed by atoms with E-state index in [1.54, 1.807) is 12.5 Å². The Morgan fingerprint density at radius 3 is 2.33 bits per heavy atom. The lowest BCUT2D eigenvalue weighted by atomic mass is 10.1. The van der Waals surface area contributed by atoms with Crippen LogP contribution in [0.25, 0.3) is 39.5 Å². The maximum atomic E-state index is 6.34. The Bertz CT molecular complexity index is 1870. The summed E-state index contributed by atoms with van der Waals surface area (Å²) in [6.45, 7) is 2.98. The van der Waals surface area contributed by atoms with Gasteiger partial charge in [-0.05, 0) is 60.9 Å². The summed E-state index contributed by atoms with van der Waals surface area (Å²) in [5.41, 5.74) is 12.9. The van der Waals surface area contributed by atoms with Gasteiger partial charge in [0, 0.05) is 55.4 Å². The number of nitrogen functional groups attached to an aromatic ring is 1. The Kier molecular flexibility index (Phi) is 6.30. The number of imidazole rings is 1. The van der Waals surface area contributed by atoms with Gasteiger partial charge in [0.2, 0.25) is 0 Å². The van der Waals surface area contributed by atoms with Crippen LogP contribution < -0.4 is 10.6 Å². The van der Waals surface area contributed by atoms with Gasteiger partial charge in [-0.1, -0.05) is 42.5 Å². The first kappa shape index (κ1) is 25.6. The van der Waals surface area contributed by atoms with Crippen LogP contribution in [0, 0.1) is 0 Å². The first-order valence-corrected chi connectivity index (χ1v) is 14.7. The second kappa shape index (κ2) is 10.6. The molecule has 2 fully saturated rings. The number of likely N-dealkylation sites (tertiary alicyclic amines) is 1. The summed E-state index contributed by atoms with van der Waals surface area (Å²) in [4.78, 5) is 28.1. The van der Waals surface area contributed by atoms with E-state index in [2.05, 4.69) is 65.7 Å². The second-order valence-corrected chi connectivity index (χ2v) is 11.3. The summed E-state index contributed by atoms with van der Waals surface area (Å²) >= 11 is 0. The SMILES string of the molecule is Nc1ncccc1-c1nc2ccc(-c3ccccc3)nc2n1-c1ccc(CN2CC3CCC(C2)N3c2ccncn2)cc1. The monoisotopic (exact) mass is 565 g/mol. The molecule has 0 spiro atoms. The van der Waals surface area contributed by atoms with Crippen molar-refractivity contribution in [1.29, 1.82) is 0 Å². The van der Waals surface area contributed by atoms with E-state index in [0.29, 0.717) is 17.9 Å². The van der Waals surface area contributed by atoms with Crippen molar-refractivity contribution in [3.05, 3.63) is 109 Å². The molecule has 2 unspecified atom stereocenters. The molecule has 2 N–H and O–H groups in total. The number of hydrogen-bond donors (Lipinski definition) is 1. The smallest absolute Gasteiger partial charge is 0.165 e. The van der Waals surface area contributed by atoms with Gasteiger partial charge in [-0.2, -0.15) is 0 Å². The van der Waals surface area contributed by atoms with E-state index in [4.69, 9.17) is 15.7 Å². The molecule has 6 heterocycles. The van der Waals surface area contributed by atoms with Crippen LogP contribution in [0.15, 0.2) is 104 Å². The van der Waals surface area contributed by atoms with E-state index in [1.165, 1.54) is 18.4 Å². The van der Waals surface area contributed by atoms with Gasteiger partial charge in [-0.15, -0.1) is 0 Å². The molecule has 0 amide bonds. The number of rotatable bonds is 6. The fourth-order valence-corrected chi connectivity index (χ4v) is 6.70. The number of pyridine rings is 2. The average Bonchev–Trinajstić information content (AvgIpc) is 3.56. The molecule has 212 valence electrons. The molecule has 2 bridgehead atoms. The molecule has 0 saturated carbocycles. The highest BCUT2D eigenvalue weighted by Gasteiger charge is 2.40. The third-order valence-corrected chi connectivity index (χ3v) is 8.64. The lowest BCUT2D eigenvalue weighted by Gasteiger charge is -2.41. The molecule has 2 atom stereocenters. The molecule has 2 aliphatic heterocycles. The average molecular weight is 566 g/mol. The molecule has 6 aromatic rings. The Labute approximate surface area is 249 Å². The van der Waals surface area contributed by atoms with E-state index in [9.17, 15) is 0 Å². The number of fused-ring (bicyclic) bond motifs is 3.